The van der Waals surface area contributed by atoms with E-state index in [2.05, 4.69) is 0 Å². The SMILES string of the molecule is CC(C)CN1C(=O)[C@H]2CCCC[C@@H]2C1=O. The second-order valence-corrected chi connectivity index (χ2v) is 5.18. The van der Waals surface area contributed by atoms with Gasteiger partial charge in [-0.1, -0.05) is 26.7 Å². The zero-order valence-electron chi connectivity index (χ0n) is 9.53. The molecule has 1 saturated heterocycles. The largest absolute Gasteiger partial charge is 0.282 e. The van der Waals surface area contributed by atoms with Crippen molar-refractivity contribution in [3.63, 3.8) is 0 Å². The van der Waals surface area contributed by atoms with Gasteiger partial charge in [0.2, 0.25) is 11.8 Å². The number of carbonyl (C=O) groups is 2. The summed E-state index contributed by atoms with van der Waals surface area (Å²) in [5.74, 6) is 0.602. The first-order valence-electron chi connectivity index (χ1n) is 5.96. The van der Waals surface area contributed by atoms with Crippen LogP contribution in [0.25, 0.3) is 0 Å². The minimum Gasteiger partial charge on any atom is -0.282 e. The minimum absolute atomic E-state index is 0.0185. The zero-order valence-corrected chi connectivity index (χ0v) is 9.53. The van der Waals surface area contributed by atoms with Gasteiger partial charge >= 0.3 is 0 Å². The molecule has 1 aliphatic heterocycles. The number of likely N-dealkylation sites (tertiary alicyclic amines) is 1. The summed E-state index contributed by atoms with van der Waals surface area (Å²) in [4.78, 5) is 25.5. The van der Waals surface area contributed by atoms with E-state index in [1.54, 1.807) is 0 Å². The van der Waals surface area contributed by atoms with Gasteiger partial charge in [0.05, 0.1) is 11.8 Å². The van der Waals surface area contributed by atoms with E-state index < -0.39 is 0 Å². The number of carbonyl (C=O) groups excluding carboxylic acids is 2. The molecule has 1 heterocycles. The van der Waals surface area contributed by atoms with Gasteiger partial charge in [-0.15, -0.1) is 0 Å². The van der Waals surface area contributed by atoms with Gasteiger partial charge in [-0.3, -0.25) is 14.5 Å². The van der Waals surface area contributed by atoms with Crippen molar-refractivity contribution >= 4 is 11.8 Å². The zero-order chi connectivity index (χ0) is 11.0. The van der Waals surface area contributed by atoms with Crippen LogP contribution in [-0.2, 0) is 9.59 Å². The van der Waals surface area contributed by atoms with Crippen LogP contribution in [0.1, 0.15) is 39.5 Å². The highest BCUT2D eigenvalue weighted by Crippen LogP contribution is 2.38. The first kappa shape index (κ1) is 10.7. The Kier molecular flexibility index (Phi) is 2.81. The highest BCUT2D eigenvalue weighted by Gasteiger charge is 2.47. The lowest BCUT2D eigenvalue weighted by Gasteiger charge is -2.19. The maximum absolute atomic E-state index is 12.0. The molecule has 0 aromatic heterocycles. The summed E-state index contributed by atoms with van der Waals surface area (Å²) in [5.41, 5.74) is 0. The molecule has 2 atom stereocenters. The second-order valence-electron chi connectivity index (χ2n) is 5.18. The van der Waals surface area contributed by atoms with E-state index >= 15 is 0 Å². The Labute approximate surface area is 90.8 Å². The fourth-order valence-electron chi connectivity index (χ4n) is 2.78. The van der Waals surface area contributed by atoms with Crippen molar-refractivity contribution in [1.82, 2.24) is 4.90 Å². The Bertz CT molecular complexity index is 261. The van der Waals surface area contributed by atoms with Crippen LogP contribution in [0.2, 0.25) is 0 Å². The summed E-state index contributed by atoms with van der Waals surface area (Å²) in [7, 11) is 0. The van der Waals surface area contributed by atoms with E-state index in [-0.39, 0.29) is 23.7 Å². The number of fused-ring (bicyclic) bond motifs is 1. The predicted molar refractivity (Wildman–Crippen MR) is 57.0 cm³/mol. The van der Waals surface area contributed by atoms with E-state index in [9.17, 15) is 9.59 Å². The molecule has 2 rings (SSSR count). The molecule has 2 aliphatic rings. The standard InChI is InChI=1S/C12H19NO2/c1-8(2)7-13-11(14)9-5-3-4-6-10(9)12(13)15/h8-10H,3-7H2,1-2H3/t9-,10-/m0/s1. The summed E-state index contributed by atoms with van der Waals surface area (Å²) in [5, 5.41) is 0. The number of nitrogens with zero attached hydrogens (tertiary/aromatic N) is 1. The molecule has 0 unspecified atom stereocenters. The molecule has 1 saturated carbocycles. The van der Waals surface area contributed by atoms with Crippen molar-refractivity contribution in [3.8, 4) is 0 Å². The average Bonchev–Trinajstić information content (AvgIpc) is 2.44. The molecule has 15 heavy (non-hydrogen) atoms. The highest BCUT2D eigenvalue weighted by atomic mass is 16.2. The number of hydrogen-bond donors (Lipinski definition) is 0. The lowest BCUT2D eigenvalue weighted by atomic mass is 9.81. The van der Waals surface area contributed by atoms with Crippen LogP contribution in [0, 0.1) is 17.8 Å². The highest BCUT2D eigenvalue weighted by molar-refractivity contribution is 6.05. The normalized spacial score (nSPS) is 31.3. The molecule has 0 N–H and O–H groups in total. The number of rotatable bonds is 2. The lowest BCUT2D eigenvalue weighted by Crippen LogP contribution is -2.34. The second kappa shape index (κ2) is 3.95. The van der Waals surface area contributed by atoms with Crippen LogP contribution in [0.15, 0.2) is 0 Å². The van der Waals surface area contributed by atoms with Crippen molar-refractivity contribution in [2.24, 2.45) is 17.8 Å². The molecule has 3 heteroatoms. The molecule has 0 bridgehead atoms. The number of amides is 2. The molecule has 0 aromatic carbocycles. The predicted octanol–water partition coefficient (Wildman–Crippen LogP) is 1.82. The number of hydrogen-bond acceptors (Lipinski definition) is 2. The fourth-order valence-corrected chi connectivity index (χ4v) is 2.78. The Morgan fingerprint density at radius 2 is 1.60 bits per heavy atom. The van der Waals surface area contributed by atoms with Gasteiger partial charge in [-0.25, -0.2) is 0 Å². The van der Waals surface area contributed by atoms with Crippen LogP contribution < -0.4 is 0 Å². The third-order valence-corrected chi connectivity index (χ3v) is 3.48. The Morgan fingerprint density at radius 3 is 2.00 bits per heavy atom. The smallest absolute Gasteiger partial charge is 0.233 e. The maximum Gasteiger partial charge on any atom is 0.233 e. The summed E-state index contributed by atoms with van der Waals surface area (Å²) in [6, 6.07) is 0. The lowest BCUT2D eigenvalue weighted by molar-refractivity contribution is -0.140. The molecular formula is C12H19NO2. The fraction of sp³-hybridized carbons (Fsp3) is 0.833. The molecule has 2 amide bonds. The molecule has 0 spiro atoms. The molecule has 0 aromatic rings. The van der Waals surface area contributed by atoms with E-state index in [0.717, 1.165) is 25.7 Å². The van der Waals surface area contributed by atoms with E-state index in [4.69, 9.17) is 0 Å². The third-order valence-electron chi connectivity index (χ3n) is 3.48. The minimum atomic E-state index is 0.0185. The molecular weight excluding hydrogens is 190 g/mol. The van der Waals surface area contributed by atoms with Crippen molar-refractivity contribution in [3.05, 3.63) is 0 Å². The first-order chi connectivity index (χ1) is 7.11. The third kappa shape index (κ3) is 1.80. The summed E-state index contributed by atoms with van der Waals surface area (Å²) in [6.45, 7) is 4.69. The Morgan fingerprint density at radius 1 is 1.13 bits per heavy atom. The van der Waals surface area contributed by atoms with Crippen molar-refractivity contribution in [2.75, 3.05) is 6.54 Å². The monoisotopic (exact) mass is 209 g/mol. The van der Waals surface area contributed by atoms with E-state index in [1.165, 1.54) is 4.90 Å². The van der Waals surface area contributed by atoms with Gasteiger partial charge in [0.1, 0.15) is 0 Å². The maximum atomic E-state index is 12.0. The first-order valence-corrected chi connectivity index (χ1v) is 5.96. The van der Waals surface area contributed by atoms with Gasteiger partial charge in [-0.2, -0.15) is 0 Å². The topological polar surface area (TPSA) is 37.4 Å². The van der Waals surface area contributed by atoms with E-state index in [1.807, 2.05) is 13.8 Å². The number of imide groups is 1. The molecule has 3 nitrogen and oxygen atoms in total. The van der Waals surface area contributed by atoms with Crippen LogP contribution in [0.4, 0.5) is 0 Å². The molecule has 0 radical (unpaired) electrons. The molecule has 1 aliphatic carbocycles. The van der Waals surface area contributed by atoms with Crippen molar-refractivity contribution < 1.29 is 9.59 Å². The average molecular weight is 209 g/mol. The summed E-state index contributed by atoms with van der Waals surface area (Å²) in [6.07, 6.45) is 4.05. The quantitative estimate of drug-likeness (QED) is 0.650. The molecule has 84 valence electrons. The van der Waals surface area contributed by atoms with Crippen LogP contribution >= 0.6 is 0 Å². The van der Waals surface area contributed by atoms with Crippen molar-refractivity contribution in [2.45, 2.75) is 39.5 Å². The van der Waals surface area contributed by atoms with Crippen LogP contribution in [-0.4, -0.2) is 23.3 Å². The summed E-state index contributed by atoms with van der Waals surface area (Å²) >= 11 is 0. The van der Waals surface area contributed by atoms with Gasteiger partial charge in [0.15, 0.2) is 0 Å². The van der Waals surface area contributed by atoms with Crippen molar-refractivity contribution in [1.29, 1.82) is 0 Å². The van der Waals surface area contributed by atoms with Gasteiger partial charge in [-0.05, 0) is 18.8 Å². The van der Waals surface area contributed by atoms with Gasteiger partial charge in [0.25, 0.3) is 0 Å². The van der Waals surface area contributed by atoms with Gasteiger partial charge in [0, 0.05) is 6.54 Å². The van der Waals surface area contributed by atoms with E-state index in [0.29, 0.717) is 12.5 Å². The van der Waals surface area contributed by atoms with Gasteiger partial charge < -0.3 is 0 Å². The Hall–Kier alpha value is -0.860. The Balaban J connectivity index is 2.14. The van der Waals surface area contributed by atoms with Crippen LogP contribution in [0.5, 0.6) is 0 Å². The molecule has 2 fully saturated rings. The van der Waals surface area contributed by atoms with Crippen LogP contribution in [0.3, 0.4) is 0 Å². The summed E-state index contributed by atoms with van der Waals surface area (Å²) < 4.78 is 0.